The first kappa shape index (κ1) is 10.4. The molecule has 1 atom stereocenters. The number of rotatable bonds is 3. The average molecular weight is 192 g/mol. The summed E-state index contributed by atoms with van der Waals surface area (Å²) in [7, 11) is 0. The Morgan fingerprint density at radius 2 is 1.79 bits per heavy atom. The van der Waals surface area contributed by atoms with Crippen molar-refractivity contribution in [2.45, 2.75) is 20.0 Å². The van der Waals surface area contributed by atoms with Crippen LogP contribution >= 0.6 is 0 Å². The van der Waals surface area contributed by atoms with Crippen LogP contribution in [0.1, 0.15) is 24.2 Å². The molecule has 0 saturated carbocycles. The van der Waals surface area contributed by atoms with Gasteiger partial charge >= 0.3 is 5.97 Å². The van der Waals surface area contributed by atoms with Crippen molar-refractivity contribution in [1.29, 1.82) is 0 Å². The Kier molecular flexibility index (Phi) is 3.40. The highest BCUT2D eigenvalue weighted by atomic mass is 16.5. The van der Waals surface area contributed by atoms with E-state index in [1.54, 1.807) is 31.2 Å². The highest BCUT2D eigenvalue weighted by Gasteiger charge is 2.16. The highest BCUT2D eigenvalue weighted by Crippen LogP contribution is 2.05. The summed E-state index contributed by atoms with van der Waals surface area (Å²) >= 11 is 0. The van der Waals surface area contributed by atoms with Crippen LogP contribution in [0.4, 0.5) is 0 Å². The molecule has 0 radical (unpaired) electrons. The topological polar surface area (TPSA) is 43.4 Å². The third kappa shape index (κ3) is 2.69. The molecule has 14 heavy (non-hydrogen) atoms. The summed E-state index contributed by atoms with van der Waals surface area (Å²) < 4.78 is 4.78. The fourth-order valence-corrected chi connectivity index (χ4v) is 1.14. The van der Waals surface area contributed by atoms with Gasteiger partial charge < -0.3 is 4.74 Å². The van der Waals surface area contributed by atoms with Crippen LogP contribution in [0.15, 0.2) is 30.3 Å². The summed E-state index contributed by atoms with van der Waals surface area (Å²) in [6.07, 6.45) is -0.713. The zero-order valence-electron chi connectivity index (χ0n) is 8.19. The molecule has 0 fully saturated rings. The molecule has 0 aliphatic heterocycles. The second-order valence-electron chi connectivity index (χ2n) is 2.98. The van der Waals surface area contributed by atoms with E-state index in [0.29, 0.717) is 5.56 Å². The van der Waals surface area contributed by atoms with Gasteiger partial charge in [-0.15, -0.1) is 0 Å². The smallest absolute Gasteiger partial charge is 0.303 e. The Hall–Kier alpha value is -1.64. The Morgan fingerprint density at radius 3 is 2.29 bits per heavy atom. The lowest BCUT2D eigenvalue weighted by molar-refractivity contribution is -0.143. The van der Waals surface area contributed by atoms with Crippen molar-refractivity contribution in [3.8, 4) is 0 Å². The Bertz CT molecular complexity index is 330. The van der Waals surface area contributed by atoms with Crippen molar-refractivity contribution in [2.75, 3.05) is 0 Å². The summed E-state index contributed by atoms with van der Waals surface area (Å²) in [6.45, 7) is 2.85. The number of ketones is 1. The molecule has 3 nitrogen and oxygen atoms in total. The molecule has 3 heteroatoms. The molecule has 0 saturated heterocycles. The van der Waals surface area contributed by atoms with Gasteiger partial charge in [0.2, 0.25) is 5.78 Å². The molecule has 74 valence electrons. The lowest BCUT2D eigenvalue weighted by Gasteiger charge is -2.09. The number of Topliss-reactive ketones (excluding diaryl/α,β-unsaturated/α-hetero) is 1. The number of esters is 1. The zero-order valence-corrected chi connectivity index (χ0v) is 8.19. The summed E-state index contributed by atoms with van der Waals surface area (Å²) in [5.41, 5.74) is 0.557. The normalized spacial score (nSPS) is 11.9. The maximum absolute atomic E-state index is 11.6. The molecule has 0 N–H and O–H groups in total. The molecule has 1 aromatic rings. The fraction of sp³-hybridized carbons (Fsp3) is 0.273. The molecule has 0 bridgehead atoms. The lowest BCUT2D eigenvalue weighted by Crippen LogP contribution is -2.22. The third-order valence-corrected chi connectivity index (χ3v) is 1.77. The van der Waals surface area contributed by atoms with Gasteiger partial charge in [-0.3, -0.25) is 9.59 Å². The van der Waals surface area contributed by atoms with E-state index in [0.717, 1.165) is 0 Å². The standard InChI is InChI=1S/C11H12O3/c1-8(14-9(2)12)11(13)10-6-4-3-5-7-10/h3-8H,1-2H3/t8-/m0/s1. The van der Waals surface area contributed by atoms with Crippen LogP contribution in [0, 0.1) is 0 Å². The van der Waals surface area contributed by atoms with Gasteiger partial charge in [-0.2, -0.15) is 0 Å². The summed E-state index contributed by atoms with van der Waals surface area (Å²) in [6, 6.07) is 8.76. The second kappa shape index (κ2) is 4.56. The average Bonchev–Trinajstić information content (AvgIpc) is 2.17. The van der Waals surface area contributed by atoms with Crippen LogP contribution in [-0.4, -0.2) is 17.9 Å². The van der Waals surface area contributed by atoms with Gasteiger partial charge in [0.05, 0.1) is 0 Å². The van der Waals surface area contributed by atoms with E-state index in [2.05, 4.69) is 0 Å². The highest BCUT2D eigenvalue weighted by molar-refractivity contribution is 5.99. The van der Waals surface area contributed by atoms with Gasteiger partial charge in [0.25, 0.3) is 0 Å². The minimum absolute atomic E-state index is 0.180. The van der Waals surface area contributed by atoms with Gasteiger partial charge in [-0.05, 0) is 6.92 Å². The van der Waals surface area contributed by atoms with E-state index in [4.69, 9.17) is 4.74 Å². The van der Waals surface area contributed by atoms with E-state index in [1.807, 2.05) is 6.07 Å². The molecule has 0 amide bonds. The Balaban J connectivity index is 2.71. The van der Waals surface area contributed by atoms with Crippen LogP contribution in [-0.2, 0) is 9.53 Å². The van der Waals surface area contributed by atoms with Gasteiger partial charge in [-0.1, -0.05) is 30.3 Å². The van der Waals surface area contributed by atoms with Crippen LogP contribution in [0.25, 0.3) is 0 Å². The molecule has 0 aliphatic rings. The maximum atomic E-state index is 11.6. The molecule has 1 aromatic carbocycles. The van der Waals surface area contributed by atoms with E-state index in [9.17, 15) is 9.59 Å². The number of hydrogen-bond donors (Lipinski definition) is 0. The van der Waals surface area contributed by atoms with Crippen LogP contribution in [0.2, 0.25) is 0 Å². The molecule has 0 aromatic heterocycles. The second-order valence-corrected chi connectivity index (χ2v) is 2.98. The van der Waals surface area contributed by atoms with E-state index >= 15 is 0 Å². The number of benzene rings is 1. The van der Waals surface area contributed by atoms with Crippen molar-refractivity contribution < 1.29 is 14.3 Å². The number of carbonyl (C=O) groups is 2. The van der Waals surface area contributed by atoms with Crippen LogP contribution < -0.4 is 0 Å². The molecule has 1 rings (SSSR count). The van der Waals surface area contributed by atoms with Gasteiger partial charge in [0.15, 0.2) is 6.10 Å². The quantitative estimate of drug-likeness (QED) is 0.542. The van der Waals surface area contributed by atoms with Gasteiger partial charge in [0.1, 0.15) is 0 Å². The number of ether oxygens (including phenoxy) is 1. The van der Waals surface area contributed by atoms with Crippen LogP contribution in [0.5, 0.6) is 0 Å². The predicted octanol–water partition coefficient (Wildman–Crippen LogP) is 1.82. The number of carbonyl (C=O) groups excluding carboxylic acids is 2. The zero-order chi connectivity index (χ0) is 10.6. The van der Waals surface area contributed by atoms with Gasteiger partial charge in [0, 0.05) is 12.5 Å². The first-order valence-electron chi connectivity index (χ1n) is 4.37. The molecular weight excluding hydrogens is 180 g/mol. The van der Waals surface area contributed by atoms with Crippen molar-refractivity contribution in [2.24, 2.45) is 0 Å². The monoisotopic (exact) mass is 192 g/mol. The van der Waals surface area contributed by atoms with E-state index in [-0.39, 0.29) is 5.78 Å². The summed E-state index contributed by atoms with van der Waals surface area (Å²) in [5, 5.41) is 0. The van der Waals surface area contributed by atoms with Crippen molar-refractivity contribution >= 4 is 11.8 Å². The minimum atomic E-state index is -0.713. The van der Waals surface area contributed by atoms with E-state index < -0.39 is 12.1 Å². The predicted molar refractivity (Wildman–Crippen MR) is 52.0 cm³/mol. The number of hydrogen-bond acceptors (Lipinski definition) is 3. The van der Waals surface area contributed by atoms with E-state index in [1.165, 1.54) is 6.92 Å². The SMILES string of the molecule is CC(=O)O[C@@H](C)C(=O)c1ccccc1. The lowest BCUT2D eigenvalue weighted by atomic mass is 10.1. The Labute approximate surface area is 82.7 Å². The van der Waals surface area contributed by atoms with Gasteiger partial charge in [-0.25, -0.2) is 0 Å². The maximum Gasteiger partial charge on any atom is 0.303 e. The first-order chi connectivity index (χ1) is 6.61. The molecule has 0 unspecified atom stereocenters. The fourth-order valence-electron chi connectivity index (χ4n) is 1.14. The molecular formula is C11H12O3. The molecule has 0 aliphatic carbocycles. The summed E-state index contributed by atoms with van der Waals surface area (Å²) in [4.78, 5) is 22.2. The first-order valence-corrected chi connectivity index (χ1v) is 4.37. The van der Waals surface area contributed by atoms with Crippen LogP contribution in [0.3, 0.4) is 0 Å². The molecule has 0 spiro atoms. The molecule has 0 heterocycles. The summed E-state index contributed by atoms with van der Waals surface area (Å²) in [5.74, 6) is -0.623. The largest absolute Gasteiger partial charge is 0.454 e. The Morgan fingerprint density at radius 1 is 1.21 bits per heavy atom. The third-order valence-electron chi connectivity index (χ3n) is 1.77. The van der Waals surface area contributed by atoms with Crippen molar-refractivity contribution in [3.05, 3.63) is 35.9 Å². The minimum Gasteiger partial charge on any atom is -0.454 e. The van der Waals surface area contributed by atoms with Crippen molar-refractivity contribution in [1.82, 2.24) is 0 Å². The van der Waals surface area contributed by atoms with Crippen molar-refractivity contribution in [3.63, 3.8) is 0 Å².